The Morgan fingerprint density at radius 3 is 2.09 bits per heavy atom. The van der Waals surface area contributed by atoms with Gasteiger partial charge < -0.3 is 10.4 Å². The van der Waals surface area contributed by atoms with Crippen molar-refractivity contribution in [2.24, 2.45) is 11.3 Å². The Morgan fingerprint density at radius 1 is 1.05 bits per heavy atom. The van der Waals surface area contributed by atoms with Gasteiger partial charge in [0.2, 0.25) is 0 Å². The molecule has 0 spiro atoms. The lowest BCUT2D eigenvalue weighted by molar-refractivity contribution is -0.318. The second-order valence-corrected chi connectivity index (χ2v) is 9.61. The van der Waals surface area contributed by atoms with Crippen LogP contribution in [0.1, 0.15) is 67.7 Å². The molecular weight excluding hydrogens is 276 g/mol. The fourth-order valence-electron chi connectivity index (χ4n) is 4.07. The fourth-order valence-corrected chi connectivity index (χ4v) is 4.07. The molecule has 0 aromatic heterocycles. The van der Waals surface area contributed by atoms with E-state index >= 15 is 0 Å². The maximum absolute atomic E-state index is 10.5. The molecule has 3 atom stereocenters. The van der Waals surface area contributed by atoms with Gasteiger partial charge in [-0.1, -0.05) is 20.8 Å². The number of nitrogens with zero attached hydrogens (tertiary/aromatic N) is 1. The minimum atomic E-state index is -0.347. The third-order valence-corrected chi connectivity index (χ3v) is 5.44. The summed E-state index contributed by atoms with van der Waals surface area (Å²) in [6.45, 7) is 17.5. The van der Waals surface area contributed by atoms with Crippen molar-refractivity contribution in [3.63, 3.8) is 0 Å². The van der Waals surface area contributed by atoms with Crippen molar-refractivity contribution < 1.29 is 9.94 Å². The highest BCUT2D eigenvalue weighted by molar-refractivity contribution is 4.97. The molecular formula is C18H36N2O2. The summed E-state index contributed by atoms with van der Waals surface area (Å²) in [5, 5.41) is 16.1. The number of hydrogen-bond donors (Lipinski definition) is 2. The summed E-state index contributed by atoms with van der Waals surface area (Å²) in [4.78, 5) is 6.44. The van der Waals surface area contributed by atoms with Gasteiger partial charge >= 0.3 is 0 Å². The number of piperazine rings is 1. The summed E-state index contributed by atoms with van der Waals surface area (Å²) in [5.74, 6) is 0.607. The van der Waals surface area contributed by atoms with Gasteiger partial charge in [-0.05, 0) is 58.3 Å². The number of nitrogens with one attached hydrogen (secondary N) is 1. The Bertz CT molecular complexity index is 371. The molecule has 130 valence electrons. The zero-order valence-electron chi connectivity index (χ0n) is 15.6. The Hall–Kier alpha value is -0.160. The van der Waals surface area contributed by atoms with Crippen LogP contribution in [-0.2, 0) is 4.84 Å². The van der Waals surface area contributed by atoms with Crippen LogP contribution in [0.25, 0.3) is 0 Å². The molecule has 2 aliphatic rings. The van der Waals surface area contributed by atoms with Gasteiger partial charge in [0.25, 0.3) is 0 Å². The molecule has 0 amide bonds. The smallest absolute Gasteiger partial charge is 0.105 e. The maximum Gasteiger partial charge on any atom is 0.105 e. The van der Waals surface area contributed by atoms with Crippen molar-refractivity contribution in [1.82, 2.24) is 10.4 Å². The second kappa shape index (κ2) is 6.04. The first-order valence-corrected chi connectivity index (χ1v) is 8.79. The van der Waals surface area contributed by atoms with Gasteiger partial charge in [0, 0.05) is 13.1 Å². The van der Waals surface area contributed by atoms with E-state index in [0.717, 1.165) is 32.4 Å². The van der Waals surface area contributed by atoms with Crippen molar-refractivity contribution >= 4 is 0 Å². The molecule has 1 aliphatic carbocycles. The summed E-state index contributed by atoms with van der Waals surface area (Å²) in [7, 11) is 0. The summed E-state index contributed by atoms with van der Waals surface area (Å²) < 4.78 is 0. The van der Waals surface area contributed by atoms with Crippen LogP contribution < -0.4 is 5.32 Å². The Morgan fingerprint density at radius 2 is 1.59 bits per heavy atom. The number of aliphatic hydroxyl groups is 1. The van der Waals surface area contributed by atoms with Gasteiger partial charge in [0.05, 0.1) is 17.2 Å². The van der Waals surface area contributed by atoms with E-state index < -0.39 is 0 Å². The van der Waals surface area contributed by atoms with Crippen LogP contribution in [0.15, 0.2) is 0 Å². The highest BCUT2D eigenvalue weighted by atomic mass is 16.7. The number of rotatable bonds is 2. The van der Waals surface area contributed by atoms with Crippen molar-refractivity contribution in [3.8, 4) is 0 Å². The number of hydrogen-bond acceptors (Lipinski definition) is 4. The molecule has 22 heavy (non-hydrogen) atoms. The highest BCUT2D eigenvalue weighted by Gasteiger charge is 2.46. The first-order valence-electron chi connectivity index (χ1n) is 8.79. The highest BCUT2D eigenvalue weighted by Crippen LogP contribution is 2.40. The van der Waals surface area contributed by atoms with Crippen LogP contribution in [0.4, 0.5) is 0 Å². The molecule has 4 heteroatoms. The van der Waals surface area contributed by atoms with Gasteiger partial charge in [0.1, 0.15) is 6.10 Å². The van der Waals surface area contributed by atoms with Gasteiger partial charge in [-0.15, -0.1) is 0 Å². The molecule has 0 aromatic carbocycles. The van der Waals surface area contributed by atoms with Crippen molar-refractivity contribution in [3.05, 3.63) is 0 Å². The van der Waals surface area contributed by atoms with E-state index in [2.05, 4.69) is 58.8 Å². The van der Waals surface area contributed by atoms with Crippen molar-refractivity contribution in [2.45, 2.75) is 91.0 Å². The van der Waals surface area contributed by atoms with E-state index in [1.165, 1.54) is 0 Å². The first kappa shape index (κ1) is 18.2. The van der Waals surface area contributed by atoms with Crippen LogP contribution in [-0.4, -0.2) is 46.5 Å². The van der Waals surface area contributed by atoms with E-state index in [1.54, 1.807) is 0 Å². The molecule has 4 nitrogen and oxygen atoms in total. The molecule has 0 aromatic rings. The summed E-state index contributed by atoms with van der Waals surface area (Å²) in [6, 6.07) is 0. The first-order chi connectivity index (χ1) is 9.93. The number of hydroxylamine groups is 2. The SMILES string of the molecule is CC(C)(C)[C@@H]1CC[C@H](O)[C@H](ON2C(C)(C)CNCC2(C)C)C1. The summed E-state index contributed by atoms with van der Waals surface area (Å²) >= 11 is 0. The van der Waals surface area contributed by atoms with E-state index in [-0.39, 0.29) is 28.7 Å². The maximum atomic E-state index is 10.5. The van der Waals surface area contributed by atoms with E-state index in [4.69, 9.17) is 4.84 Å². The molecule has 1 aliphatic heterocycles. The third-order valence-electron chi connectivity index (χ3n) is 5.44. The fraction of sp³-hybridized carbons (Fsp3) is 1.00. The van der Waals surface area contributed by atoms with Crippen LogP contribution in [0.5, 0.6) is 0 Å². The Kier molecular flexibility index (Phi) is 5.00. The summed E-state index contributed by atoms with van der Waals surface area (Å²) in [6.07, 6.45) is 2.45. The molecule has 0 unspecified atom stereocenters. The zero-order chi connectivity index (χ0) is 16.8. The molecule has 2 rings (SSSR count). The lowest BCUT2D eigenvalue weighted by atomic mass is 9.71. The van der Waals surface area contributed by atoms with Gasteiger partial charge in [-0.25, -0.2) is 0 Å². The van der Waals surface area contributed by atoms with E-state index in [0.29, 0.717) is 5.92 Å². The lowest BCUT2D eigenvalue weighted by Crippen LogP contribution is -2.68. The average Bonchev–Trinajstić information content (AvgIpc) is 2.33. The normalized spacial score (nSPS) is 36.3. The van der Waals surface area contributed by atoms with Crippen LogP contribution in [0, 0.1) is 11.3 Å². The van der Waals surface area contributed by atoms with E-state index in [9.17, 15) is 5.11 Å². The van der Waals surface area contributed by atoms with Crippen LogP contribution in [0.3, 0.4) is 0 Å². The topological polar surface area (TPSA) is 44.7 Å². The Labute approximate surface area is 136 Å². The molecule has 1 saturated carbocycles. The third kappa shape index (κ3) is 3.84. The average molecular weight is 312 g/mol. The van der Waals surface area contributed by atoms with Crippen LogP contribution >= 0.6 is 0 Å². The Balaban J connectivity index is 2.12. The largest absolute Gasteiger partial charge is 0.390 e. The van der Waals surface area contributed by atoms with Crippen molar-refractivity contribution in [1.29, 1.82) is 0 Å². The molecule has 2 N–H and O–H groups in total. The molecule has 0 bridgehead atoms. The van der Waals surface area contributed by atoms with Crippen LogP contribution in [0.2, 0.25) is 0 Å². The minimum absolute atomic E-state index is 0.0733. The monoisotopic (exact) mass is 312 g/mol. The van der Waals surface area contributed by atoms with Crippen molar-refractivity contribution in [2.75, 3.05) is 13.1 Å². The van der Waals surface area contributed by atoms with Gasteiger partial charge in [-0.3, -0.25) is 4.84 Å². The van der Waals surface area contributed by atoms with Gasteiger partial charge in [-0.2, -0.15) is 5.06 Å². The van der Waals surface area contributed by atoms with E-state index in [1.807, 2.05) is 0 Å². The second-order valence-electron chi connectivity index (χ2n) is 9.61. The quantitative estimate of drug-likeness (QED) is 0.823. The molecule has 2 fully saturated rings. The molecule has 1 saturated heterocycles. The standard InChI is InChI=1S/C18H36N2O2/c1-16(2,3)13-8-9-14(21)15(10-13)22-20-17(4,5)11-19-12-18(20,6)7/h13-15,19,21H,8-12H2,1-7H3/t13-,14+,15-/m1/s1. The predicted octanol–water partition coefficient (Wildman–Crippen LogP) is 2.96. The molecule has 0 radical (unpaired) electrons. The molecule has 1 heterocycles. The minimum Gasteiger partial charge on any atom is -0.390 e. The lowest BCUT2D eigenvalue weighted by Gasteiger charge is -2.53. The zero-order valence-corrected chi connectivity index (χ0v) is 15.6. The number of aliphatic hydroxyl groups excluding tert-OH is 1. The van der Waals surface area contributed by atoms with Gasteiger partial charge in [0.15, 0.2) is 0 Å². The summed E-state index contributed by atoms with van der Waals surface area (Å²) in [5.41, 5.74) is 0.128. The predicted molar refractivity (Wildman–Crippen MR) is 90.5 cm³/mol.